The number of aldehydes is 1. The van der Waals surface area contributed by atoms with Crippen molar-refractivity contribution < 1.29 is 4.79 Å². The number of carbonyl (C=O) groups is 1. The summed E-state index contributed by atoms with van der Waals surface area (Å²) in [5.74, 6) is 6.93. The summed E-state index contributed by atoms with van der Waals surface area (Å²) >= 11 is 1.76. The molecule has 1 atom stereocenters. The van der Waals surface area contributed by atoms with Gasteiger partial charge >= 0.3 is 0 Å². The molecule has 1 aliphatic rings. The number of rotatable bonds is 2. The highest BCUT2D eigenvalue weighted by atomic mass is 32.2. The van der Waals surface area contributed by atoms with Gasteiger partial charge in [-0.3, -0.25) is 0 Å². The van der Waals surface area contributed by atoms with Gasteiger partial charge < -0.3 is 4.79 Å². The van der Waals surface area contributed by atoms with Crippen LogP contribution in [0.5, 0.6) is 0 Å². The standard InChI is InChI=1S/C9H12OS/c1-2-3-5-9(8-10)6-4-7-11-9/h8H,4-7H2,1H3. The molecule has 1 rings (SSSR count). The van der Waals surface area contributed by atoms with Crippen LogP contribution in [-0.4, -0.2) is 16.8 Å². The summed E-state index contributed by atoms with van der Waals surface area (Å²) in [4.78, 5) is 10.7. The van der Waals surface area contributed by atoms with Gasteiger partial charge in [0.25, 0.3) is 0 Å². The van der Waals surface area contributed by atoms with Crippen LogP contribution in [0.3, 0.4) is 0 Å². The van der Waals surface area contributed by atoms with Crippen LogP contribution in [0.25, 0.3) is 0 Å². The molecule has 0 aromatic heterocycles. The predicted molar refractivity (Wildman–Crippen MR) is 48.6 cm³/mol. The van der Waals surface area contributed by atoms with Crippen LogP contribution in [0.2, 0.25) is 0 Å². The minimum atomic E-state index is -0.150. The molecule has 0 N–H and O–H groups in total. The normalized spacial score (nSPS) is 29.2. The molecule has 0 radical (unpaired) electrons. The van der Waals surface area contributed by atoms with Gasteiger partial charge in [-0.1, -0.05) is 0 Å². The smallest absolute Gasteiger partial charge is 0.136 e. The molecule has 1 aliphatic heterocycles. The third-order valence-corrected chi connectivity index (χ3v) is 3.43. The highest BCUT2D eigenvalue weighted by Gasteiger charge is 2.33. The van der Waals surface area contributed by atoms with E-state index in [2.05, 4.69) is 11.8 Å². The van der Waals surface area contributed by atoms with E-state index < -0.39 is 0 Å². The summed E-state index contributed by atoms with van der Waals surface area (Å²) in [6.07, 6.45) is 3.98. The Bertz CT molecular complexity index is 193. The third kappa shape index (κ3) is 2.00. The maximum Gasteiger partial charge on any atom is 0.136 e. The van der Waals surface area contributed by atoms with Crippen LogP contribution >= 0.6 is 11.8 Å². The van der Waals surface area contributed by atoms with Gasteiger partial charge in [-0.15, -0.1) is 23.6 Å². The van der Waals surface area contributed by atoms with Crippen molar-refractivity contribution in [2.75, 3.05) is 5.75 Å². The zero-order valence-electron chi connectivity index (χ0n) is 6.72. The first-order chi connectivity index (χ1) is 5.33. The number of hydrogen-bond acceptors (Lipinski definition) is 2. The van der Waals surface area contributed by atoms with Crippen molar-refractivity contribution >= 4 is 18.0 Å². The van der Waals surface area contributed by atoms with E-state index in [1.807, 2.05) is 6.92 Å². The first-order valence-electron chi connectivity index (χ1n) is 3.83. The fraction of sp³-hybridized carbons (Fsp3) is 0.667. The van der Waals surface area contributed by atoms with Crippen LogP contribution in [-0.2, 0) is 4.79 Å². The van der Waals surface area contributed by atoms with Crippen molar-refractivity contribution in [1.29, 1.82) is 0 Å². The van der Waals surface area contributed by atoms with Crippen LogP contribution in [0.1, 0.15) is 26.2 Å². The predicted octanol–water partition coefficient (Wildman–Crippen LogP) is 1.86. The molecular weight excluding hydrogens is 156 g/mol. The maximum atomic E-state index is 10.7. The first kappa shape index (κ1) is 8.67. The van der Waals surface area contributed by atoms with Gasteiger partial charge in [-0.2, -0.15) is 0 Å². The lowest BCUT2D eigenvalue weighted by molar-refractivity contribution is -0.109. The van der Waals surface area contributed by atoms with Crippen LogP contribution < -0.4 is 0 Å². The third-order valence-electron chi connectivity index (χ3n) is 1.91. The molecule has 0 bridgehead atoms. The fourth-order valence-electron chi connectivity index (χ4n) is 1.23. The molecule has 1 fully saturated rings. The average molecular weight is 168 g/mol. The molecule has 0 spiro atoms. The van der Waals surface area contributed by atoms with E-state index in [4.69, 9.17) is 0 Å². The molecule has 2 heteroatoms. The lowest BCUT2D eigenvalue weighted by Crippen LogP contribution is -2.21. The Morgan fingerprint density at radius 1 is 1.73 bits per heavy atom. The fourth-order valence-corrected chi connectivity index (χ4v) is 2.46. The van der Waals surface area contributed by atoms with Gasteiger partial charge in [0.2, 0.25) is 0 Å². The molecule has 1 unspecified atom stereocenters. The van der Waals surface area contributed by atoms with Crippen LogP contribution in [0, 0.1) is 11.8 Å². The van der Waals surface area contributed by atoms with Crippen molar-refractivity contribution in [2.45, 2.75) is 30.9 Å². The number of thioether (sulfide) groups is 1. The molecule has 11 heavy (non-hydrogen) atoms. The van der Waals surface area contributed by atoms with E-state index in [0.717, 1.165) is 31.3 Å². The average Bonchev–Trinajstić information content (AvgIpc) is 2.50. The monoisotopic (exact) mass is 168 g/mol. The van der Waals surface area contributed by atoms with E-state index in [0.29, 0.717) is 0 Å². The van der Waals surface area contributed by atoms with E-state index >= 15 is 0 Å². The molecule has 1 saturated heterocycles. The van der Waals surface area contributed by atoms with Crippen molar-refractivity contribution in [3.05, 3.63) is 0 Å². The Kier molecular flexibility index (Phi) is 3.02. The summed E-state index contributed by atoms with van der Waals surface area (Å²) in [6, 6.07) is 0. The Labute approximate surface area is 71.9 Å². The summed E-state index contributed by atoms with van der Waals surface area (Å²) in [6.45, 7) is 1.82. The molecule has 0 saturated carbocycles. The van der Waals surface area contributed by atoms with Gasteiger partial charge in [-0.05, 0) is 25.5 Å². The summed E-state index contributed by atoms with van der Waals surface area (Å²) < 4.78 is -0.150. The van der Waals surface area contributed by atoms with E-state index in [1.54, 1.807) is 11.8 Å². The largest absolute Gasteiger partial charge is 0.302 e. The van der Waals surface area contributed by atoms with Gasteiger partial charge in [0.05, 0.1) is 4.75 Å². The second kappa shape index (κ2) is 3.82. The Morgan fingerprint density at radius 2 is 2.55 bits per heavy atom. The van der Waals surface area contributed by atoms with Gasteiger partial charge in [0.15, 0.2) is 0 Å². The molecule has 0 aromatic carbocycles. The molecule has 0 aromatic rings. The molecule has 60 valence electrons. The molecule has 1 heterocycles. The Balaban J connectivity index is 2.56. The summed E-state index contributed by atoms with van der Waals surface area (Å²) in [7, 11) is 0. The Morgan fingerprint density at radius 3 is 3.00 bits per heavy atom. The van der Waals surface area contributed by atoms with E-state index in [9.17, 15) is 4.79 Å². The number of carbonyl (C=O) groups excluding carboxylic acids is 1. The second-order valence-electron chi connectivity index (χ2n) is 2.74. The highest BCUT2D eigenvalue weighted by Crippen LogP contribution is 2.38. The van der Waals surface area contributed by atoms with Gasteiger partial charge in [0, 0.05) is 6.42 Å². The quantitative estimate of drug-likeness (QED) is 0.462. The first-order valence-corrected chi connectivity index (χ1v) is 4.81. The topological polar surface area (TPSA) is 17.1 Å². The molecular formula is C9H12OS. The van der Waals surface area contributed by atoms with Crippen LogP contribution in [0.15, 0.2) is 0 Å². The van der Waals surface area contributed by atoms with E-state index in [-0.39, 0.29) is 4.75 Å². The SMILES string of the molecule is CC#CCC1(C=O)CCCS1. The van der Waals surface area contributed by atoms with E-state index in [1.165, 1.54) is 0 Å². The second-order valence-corrected chi connectivity index (χ2v) is 4.25. The molecule has 0 amide bonds. The minimum Gasteiger partial charge on any atom is -0.302 e. The maximum absolute atomic E-state index is 10.7. The number of hydrogen-bond donors (Lipinski definition) is 0. The van der Waals surface area contributed by atoms with Crippen LogP contribution in [0.4, 0.5) is 0 Å². The lowest BCUT2D eigenvalue weighted by atomic mass is 10.0. The summed E-state index contributed by atoms with van der Waals surface area (Å²) in [5, 5.41) is 0. The zero-order valence-corrected chi connectivity index (χ0v) is 7.54. The zero-order chi connectivity index (χ0) is 8.16. The van der Waals surface area contributed by atoms with Gasteiger partial charge in [-0.25, -0.2) is 0 Å². The lowest BCUT2D eigenvalue weighted by Gasteiger charge is -2.16. The highest BCUT2D eigenvalue weighted by molar-refractivity contribution is 8.01. The Hall–Kier alpha value is -0.420. The van der Waals surface area contributed by atoms with Crippen molar-refractivity contribution in [2.24, 2.45) is 0 Å². The summed E-state index contributed by atoms with van der Waals surface area (Å²) in [5.41, 5.74) is 0. The van der Waals surface area contributed by atoms with Crippen molar-refractivity contribution in [3.8, 4) is 11.8 Å². The van der Waals surface area contributed by atoms with Crippen molar-refractivity contribution in [3.63, 3.8) is 0 Å². The van der Waals surface area contributed by atoms with Crippen molar-refractivity contribution in [1.82, 2.24) is 0 Å². The molecule has 1 nitrogen and oxygen atoms in total. The minimum absolute atomic E-state index is 0.150. The van der Waals surface area contributed by atoms with Gasteiger partial charge in [0.1, 0.15) is 6.29 Å². The molecule has 0 aliphatic carbocycles.